The Morgan fingerprint density at radius 3 is 1.76 bits per heavy atom. The molecule has 0 radical (unpaired) electrons. The zero-order valence-electron chi connectivity index (χ0n) is 42.2. The molecule has 3 atom stereocenters. The predicted octanol–water partition coefficient (Wildman–Crippen LogP) is 15.8. The van der Waals surface area contributed by atoms with E-state index in [2.05, 4.69) is 95.0 Å². The Labute approximate surface area is 413 Å². The second kappa shape index (κ2) is 40.6. The normalized spacial score (nSPS) is 14.3. The van der Waals surface area contributed by atoms with Gasteiger partial charge in [0, 0.05) is 23.5 Å². The number of allylic oxidation sites excluding steroid dienone is 17. The number of carbonyl (C=O) groups is 1. The van der Waals surface area contributed by atoms with Crippen molar-refractivity contribution in [1.82, 2.24) is 0 Å². The number of rotatable bonds is 33. The van der Waals surface area contributed by atoms with E-state index in [1.165, 1.54) is 36.8 Å². The lowest BCUT2D eigenvalue weighted by Crippen LogP contribution is -2.06. The van der Waals surface area contributed by atoms with Crippen LogP contribution in [-0.2, 0) is 12.8 Å². The van der Waals surface area contributed by atoms with E-state index in [9.17, 15) is 20.1 Å². The van der Waals surface area contributed by atoms with E-state index in [0.29, 0.717) is 30.9 Å². The van der Waals surface area contributed by atoms with E-state index in [0.717, 1.165) is 92.0 Å². The third-order valence-electron chi connectivity index (χ3n) is 11.2. The molecule has 0 fully saturated rings. The Balaban J connectivity index is 0.000000678. The van der Waals surface area contributed by atoms with E-state index in [4.69, 9.17) is 5.11 Å². The van der Waals surface area contributed by atoms with Gasteiger partial charge in [-0.1, -0.05) is 178 Å². The summed E-state index contributed by atoms with van der Waals surface area (Å²) in [6.07, 6.45) is 54.5. The number of thiol groups is 1. The molecule has 2 aromatic carbocycles. The molecule has 0 saturated carbocycles. The van der Waals surface area contributed by atoms with Gasteiger partial charge in [-0.3, -0.25) is 4.79 Å². The van der Waals surface area contributed by atoms with E-state index in [-0.39, 0.29) is 30.3 Å². The summed E-state index contributed by atoms with van der Waals surface area (Å²) >= 11 is 4.06. The summed E-state index contributed by atoms with van der Waals surface area (Å²) in [5.74, 6) is 1.54. The third-order valence-corrected chi connectivity index (χ3v) is 11.6. The minimum absolute atomic E-state index is 0.119. The summed E-state index contributed by atoms with van der Waals surface area (Å²) in [5, 5.41) is 37.9. The molecule has 4 N–H and O–H groups in total. The van der Waals surface area contributed by atoms with Crippen LogP contribution in [0.3, 0.4) is 0 Å². The van der Waals surface area contributed by atoms with E-state index >= 15 is 0 Å². The van der Waals surface area contributed by atoms with E-state index in [1.54, 1.807) is 13.0 Å². The Kier molecular flexibility index (Phi) is 36.7. The molecular formula is C61H88O5S. The van der Waals surface area contributed by atoms with Crippen LogP contribution in [0.2, 0.25) is 0 Å². The monoisotopic (exact) mass is 933 g/mol. The summed E-state index contributed by atoms with van der Waals surface area (Å²) in [4.78, 5) is 12.1. The minimum atomic E-state index is -0.331. The Morgan fingerprint density at radius 2 is 1.19 bits per heavy atom. The lowest BCUT2D eigenvalue weighted by Gasteiger charge is -2.11. The van der Waals surface area contributed by atoms with Crippen LogP contribution in [0, 0.1) is 5.92 Å². The van der Waals surface area contributed by atoms with E-state index < -0.39 is 0 Å². The molecule has 6 heteroatoms. The molecule has 0 bridgehead atoms. The number of benzene rings is 2. The van der Waals surface area contributed by atoms with Gasteiger partial charge < -0.3 is 20.4 Å². The zero-order valence-corrected chi connectivity index (χ0v) is 43.1. The highest BCUT2D eigenvalue weighted by atomic mass is 32.1. The van der Waals surface area contributed by atoms with Gasteiger partial charge in [0.05, 0.1) is 12.2 Å². The number of hydrogen-bond acceptors (Lipinski definition) is 6. The number of carbonyl (C=O) groups excluding carboxylic acids is 1. The number of phenolic OH excluding ortho intramolecular Hbond substituents is 1. The van der Waals surface area contributed by atoms with Gasteiger partial charge >= 0.3 is 0 Å². The maximum atomic E-state index is 12.1. The second-order valence-electron chi connectivity index (χ2n) is 17.8. The van der Waals surface area contributed by atoms with Crippen LogP contribution in [0.15, 0.2) is 145 Å². The van der Waals surface area contributed by atoms with Crippen LogP contribution >= 0.6 is 12.6 Å². The first-order valence-electron chi connectivity index (χ1n) is 25.1. The highest BCUT2D eigenvalue weighted by Crippen LogP contribution is 2.24. The molecule has 368 valence electrons. The fourth-order valence-corrected chi connectivity index (χ4v) is 7.70. The van der Waals surface area contributed by atoms with Gasteiger partial charge in [-0.15, -0.1) is 0 Å². The molecule has 0 aliphatic carbocycles. The molecule has 2 aromatic rings. The first-order chi connectivity index (χ1) is 32.4. The molecule has 0 spiro atoms. The number of hydrogen-bond donors (Lipinski definition) is 5. The highest BCUT2D eigenvalue weighted by Gasteiger charge is 2.10. The number of ketones is 1. The number of aliphatic hydroxyl groups is 3. The van der Waals surface area contributed by atoms with Gasteiger partial charge in [-0.05, 0) is 153 Å². The van der Waals surface area contributed by atoms with Crippen molar-refractivity contribution < 1.29 is 25.2 Å². The fourth-order valence-electron chi connectivity index (χ4n) is 7.55. The standard InChI is InChI=1S/C34H50O2.C27H38O3S/c1-6-20-32-25-19-26-33(34(32)31(5)36)24-18-14-10-13-16-22-28(2)21-15-11-8-7-9-12-17-23-29(3)27-30(4)35;1-23(15-9-5-3-7-11-18-25(29)22-31)14-8-4-2-6-10-16-24-17-12-20-27(30)26(24)19-13-21-28/h7,9-10,13-14,16,18-19,22,24-26,29-30,35H,6,8,11-12,15,17,20-21,23,27H2,1-5H3;2,4,6-8,10-12,14,16-17,20,25,28-31H,3,5,9,13,15,18-19,21-22H2,1H3/b9-7+,14-10+,16-13+,24-18-,28-22+;6-2+,8-4+,11-7+,16-10-,23-14+. The lowest BCUT2D eigenvalue weighted by atomic mass is 9.95. The fraction of sp³-hybridized carbons (Fsp3) is 0.459. The summed E-state index contributed by atoms with van der Waals surface area (Å²) in [7, 11) is 0. The number of aliphatic hydroxyl groups excluding tert-OH is 3. The number of phenols is 1. The smallest absolute Gasteiger partial charge is 0.160 e. The van der Waals surface area contributed by atoms with Crippen LogP contribution in [-0.4, -0.2) is 50.8 Å². The van der Waals surface area contributed by atoms with Crippen molar-refractivity contribution in [3.05, 3.63) is 173 Å². The largest absolute Gasteiger partial charge is 0.508 e. The van der Waals surface area contributed by atoms with Crippen molar-refractivity contribution in [2.45, 2.75) is 163 Å². The Bertz CT molecular complexity index is 1930. The molecule has 0 heterocycles. The van der Waals surface area contributed by atoms with Gasteiger partial charge in [0.25, 0.3) is 0 Å². The summed E-state index contributed by atoms with van der Waals surface area (Å²) < 4.78 is 0. The van der Waals surface area contributed by atoms with Crippen molar-refractivity contribution in [2.24, 2.45) is 5.92 Å². The molecule has 0 aliphatic rings. The molecule has 2 rings (SSSR count). The second-order valence-corrected chi connectivity index (χ2v) is 18.1. The zero-order chi connectivity index (χ0) is 49.3. The lowest BCUT2D eigenvalue weighted by molar-refractivity contribution is 0.101. The van der Waals surface area contributed by atoms with Crippen LogP contribution in [0.4, 0.5) is 0 Å². The summed E-state index contributed by atoms with van der Waals surface area (Å²) in [6, 6.07) is 11.6. The van der Waals surface area contributed by atoms with Crippen LogP contribution in [0.1, 0.15) is 170 Å². The first kappa shape index (κ1) is 60.6. The van der Waals surface area contributed by atoms with Gasteiger partial charge in [-0.25, -0.2) is 0 Å². The SMILES string of the molecule is CCCc1cccc(\C=C/C=C/C=C/C=C(\C)CCCC/C=C/CCCC(C)CC(C)O)c1C(C)=O.C\C(=C/C=C/C=C/C=C\c1cccc(O)c1CCCO)CCCC/C=C/CC(O)CS. The number of unbranched alkanes of at least 4 members (excludes halogenated alkanes) is 5. The first-order valence-corrected chi connectivity index (χ1v) is 25.7. The van der Waals surface area contributed by atoms with Gasteiger partial charge in [0.1, 0.15) is 5.75 Å². The van der Waals surface area contributed by atoms with Gasteiger partial charge in [0.2, 0.25) is 0 Å². The van der Waals surface area contributed by atoms with Crippen molar-refractivity contribution in [3.8, 4) is 5.75 Å². The molecule has 0 aromatic heterocycles. The van der Waals surface area contributed by atoms with Crippen molar-refractivity contribution in [1.29, 1.82) is 0 Å². The third kappa shape index (κ3) is 32.0. The number of aromatic hydroxyl groups is 1. The van der Waals surface area contributed by atoms with Gasteiger partial charge in [-0.2, -0.15) is 12.6 Å². The average molecular weight is 933 g/mol. The highest BCUT2D eigenvalue weighted by molar-refractivity contribution is 7.80. The summed E-state index contributed by atoms with van der Waals surface area (Å²) in [5.41, 5.74) is 7.61. The average Bonchev–Trinajstić information content (AvgIpc) is 3.29. The van der Waals surface area contributed by atoms with Crippen molar-refractivity contribution in [3.63, 3.8) is 0 Å². The van der Waals surface area contributed by atoms with Crippen LogP contribution in [0.25, 0.3) is 12.2 Å². The quantitative estimate of drug-likeness (QED) is 0.0161. The molecule has 0 amide bonds. The van der Waals surface area contributed by atoms with Gasteiger partial charge in [0.15, 0.2) is 5.78 Å². The van der Waals surface area contributed by atoms with Crippen LogP contribution < -0.4 is 0 Å². The predicted molar refractivity (Wildman–Crippen MR) is 295 cm³/mol. The van der Waals surface area contributed by atoms with Crippen molar-refractivity contribution in [2.75, 3.05) is 12.4 Å². The molecule has 5 nitrogen and oxygen atoms in total. The maximum Gasteiger partial charge on any atom is 0.160 e. The molecule has 3 unspecified atom stereocenters. The van der Waals surface area contributed by atoms with Crippen molar-refractivity contribution >= 4 is 30.6 Å². The summed E-state index contributed by atoms with van der Waals surface area (Å²) in [6.45, 7) is 12.4. The molecule has 67 heavy (non-hydrogen) atoms. The number of aryl methyl sites for hydroxylation is 1. The number of Topliss-reactive ketones (excluding diaryl/α,β-unsaturated/α-hetero) is 1. The molecular weight excluding hydrogens is 845 g/mol. The Morgan fingerprint density at radius 1 is 0.657 bits per heavy atom. The topological polar surface area (TPSA) is 98.0 Å². The van der Waals surface area contributed by atoms with E-state index in [1.807, 2.05) is 91.9 Å². The van der Waals surface area contributed by atoms with Crippen LogP contribution in [0.5, 0.6) is 5.75 Å². The Hall–Kier alpha value is -4.46. The maximum absolute atomic E-state index is 12.1. The minimum Gasteiger partial charge on any atom is -0.508 e. The molecule has 0 aliphatic heterocycles. The molecule has 0 saturated heterocycles.